The molecule has 0 heterocycles. The minimum absolute atomic E-state index is 0.945. The highest BCUT2D eigenvalue weighted by Gasteiger charge is 1.77. The van der Waals surface area contributed by atoms with Gasteiger partial charge in [0.25, 0.3) is 0 Å². The molecule has 0 aromatic heterocycles. The molecule has 9 heavy (non-hydrogen) atoms. The van der Waals surface area contributed by atoms with Crippen molar-refractivity contribution in [2.24, 2.45) is 0 Å². The Balaban J connectivity index is 0. The summed E-state index contributed by atoms with van der Waals surface area (Å²) in [6.45, 7) is 7.28. The number of hydrogen-bond donors (Lipinski definition) is 1. The van der Waals surface area contributed by atoms with Gasteiger partial charge in [-0.05, 0) is 0 Å². The van der Waals surface area contributed by atoms with E-state index >= 15 is 0 Å². The van der Waals surface area contributed by atoms with Crippen molar-refractivity contribution in [3.05, 3.63) is 24.8 Å². The van der Waals surface area contributed by atoms with Gasteiger partial charge < -0.3 is 5.11 Å². The predicted molar refractivity (Wildman–Crippen MR) is 38.3 cm³/mol. The van der Waals surface area contributed by atoms with Gasteiger partial charge in [0.15, 0.2) is 0 Å². The first-order valence-corrected chi connectivity index (χ1v) is 2.79. The molecule has 0 bridgehead atoms. The van der Waals surface area contributed by atoms with Crippen LogP contribution in [0.5, 0.6) is 0 Å². The first kappa shape index (κ1) is 10.8. The van der Waals surface area contributed by atoms with E-state index in [9.17, 15) is 4.79 Å². The minimum Gasteiger partial charge on any atom is -0.478 e. The first-order valence-electron chi connectivity index (χ1n) is 2.79. The molecule has 1 N–H and O–H groups in total. The molecule has 0 rings (SSSR count). The zero-order valence-electron chi connectivity index (χ0n) is 5.79. The lowest BCUT2D eigenvalue weighted by Gasteiger charge is -1.70. The Kier molecular flexibility index (Phi) is 12.1. The Morgan fingerprint density at radius 1 is 1.56 bits per heavy atom. The Labute approximate surface area is 55.5 Å². The summed E-state index contributed by atoms with van der Waals surface area (Å²) in [6, 6.07) is 0. The number of allylic oxidation sites excluding steroid dienone is 2. The maximum Gasteiger partial charge on any atom is 0.328 e. The molecule has 0 aliphatic carbocycles. The van der Waals surface area contributed by atoms with Crippen molar-refractivity contribution in [2.75, 3.05) is 0 Å². The Morgan fingerprint density at radius 3 is 2.11 bits per heavy atom. The second-order valence-corrected chi connectivity index (χ2v) is 0.933. The predicted octanol–water partition coefficient (Wildman–Crippen LogP) is 1.84. The van der Waals surface area contributed by atoms with Gasteiger partial charge in [-0.2, -0.15) is 0 Å². The van der Waals surface area contributed by atoms with Gasteiger partial charge in [-0.1, -0.05) is 32.6 Å². The zero-order chi connectivity index (χ0) is 7.70. The van der Waals surface area contributed by atoms with Gasteiger partial charge in [0.05, 0.1) is 0 Å². The highest BCUT2D eigenvalue weighted by molar-refractivity contribution is 5.79. The zero-order valence-corrected chi connectivity index (χ0v) is 5.79. The topological polar surface area (TPSA) is 37.3 Å². The lowest BCUT2D eigenvalue weighted by molar-refractivity contribution is -0.131. The van der Waals surface area contributed by atoms with Crippen molar-refractivity contribution in [3.8, 4) is 0 Å². The molecule has 2 nitrogen and oxygen atoms in total. The van der Waals surface area contributed by atoms with Gasteiger partial charge >= 0.3 is 5.97 Å². The van der Waals surface area contributed by atoms with E-state index in [0.29, 0.717) is 0 Å². The van der Waals surface area contributed by atoms with E-state index in [-0.39, 0.29) is 0 Å². The molecule has 0 aromatic rings. The summed E-state index contributed by atoms with van der Waals surface area (Å²) in [5, 5.41) is 7.91. The number of hydrogen-bond acceptors (Lipinski definition) is 1. The van der Waals surface area contributed by atoms with Crippen molar-refractivity contribution in [3.63, 3.8) is 0 Å². The molecule has 0 aliphatic heterocycles. The second kappa shape index (κ2) is 10.0. The van der Waals surface area contributed by atoms with E-state index in [2.05, 4.69) is 6.58 Å². The van der Waals surface area contributed by atoms with Crippen LogP contribution >= 0.6 is 0 Å². The molecule has 0 unspecified atom stereocenters. The number of aliphatic carboxylic acids is 1. The van der Waals surface area contributed by atoms with Gasteiger partial charge in [0.2, 0.25) is 0 Å². The summed E-state index contributed by atoms with van der Waals surface area (Å²) >= 11 is 0. The number of rotatable bonds is 2. The van der Waals surface area contributed by atoms with E-state index in [1.807, 2.05) is 13.8 Å². The molecule has 52 valence electrons. The molecule has 0 fully saturated rings. The molecule has 0 aliphatic rings. The van der Waals surface area contributed by atoms with Crippen molar-refractivity contribution >= 4 is 5.97 Å². The summed E-state index contributed by atoms with van der Waals surface area (Å²) in [5.74, 6) is -0.945. The van der Waals surface area contributed by atoms with Crippen LogP contribution in [0, 0.1) is 0 Å². The molecule has 2 heteroatoms. The van der Waals surface area contributed by atoms with Gasteiger partial charge in [-0.25, -0.2) is 4.79 Å². The number of carboxylic acid groups (broad SMARTS) is 1. The summed E-state index contributed by atoms with van der Waals surface area (Å²) in [5.41, 5.74) is 0. The monoisotopic (exact) mass is 128 g/mol. The Hall–Kier alpha value is -1.05. The number of carboxylic acids is 1. The van der Waals surface area contributed by atoms with Gasteiger partial charge in [0.1, 0.15) is 0 Å². The Morgan fingerprint density at radius 2 is 2.00 bits per heavy atom. The molecule has 0 saturated heterocycles. The molecule has 0 spiro atoms. The molecular weight excluding hydrogens is 116 g/mol. The third-order valence-corrected chi connectivity index (χ3v) is 0.375. The standard InChI is InChI=1S/C5H6O2.C2H6/c1-2-3-4-5(6)7;1-2/h2-4H,1H2,(H,6,7);1-2H3/b4-3+;. The van der Waals surface area contributed by atoms with Gasteiger partial charge in [-0.15, -0.1) is 0 Å². The fourth-order valence-electron chi connectivity index (χ4n) is 0.150. The summed E-state index contributed by atoms with van der Waals surface area (Å²) in [6.07, 6.45) is 3.80. The van der Waals surface area contributed by atoms with Crippen LogP contribution in [-0.4, -0.2) is 11.1 Å². The molecule has 0 amide bonds. The SMILES string of the molecule is C=C/C=C/C(=O)O.CC. The summed E-state index contributed by atoms with van der Waals surface area (Å²) < 4.78 is 0. The molecule has 0 atom stereocenters. The van der Waals surface area contributed by atoms with Crippen LogP contribution in [-0.2, 0) is 4.79 Å². The summed E-state index contributed by atoms with van der Waals surface area (Å²) in [4.78, 5) is 9.62. The van der Waals surface area contributed by atoms with E-state index in [1.165, 1.54) is 12.2 Å². The fourth-order valence-corrected chi connectivity index (χ4v) is 0.150. The van der Waals surface area contributed by atoms with Crippen molar-refractivity contribution in [1.82, 2.24) is 0 Å². The maximum atomic E-state index is 9.62. The third-order valence-electron chi connectivity index (χ3n) is 0.375. The summed E-state index contributed by atoms with van der Waals surface area (Å²) in [7, 11) is 0. The molecule has 0 radical (unpaired) electrons. The van der Waals surface area contributed by atoms with Crippen molar-refractivity contribution < 1.29 is 9.90 Å². The van der Waals surface area contributed by atoms with E-state index < -0.39 is 5.97 Å². The van der Waals surface area contributed by atoms with Crippen LogP contribution in [0.15, 0.2) is 24.8 Å². The normalized spacial score (nSPS) is 7.78. The Bertz CT molecular complexity index is 103. The minimum atomic E-state index is -0.945. The third kappa shape index (κ3) is 19.6. The maximum absolute atomic E-state index is 9.62. The lowest BCUT2D eigenvalue weighted by atomic mass is 10.5. The largest absolute Gasteiger partial charge is 0.478 e. The average molecular weight is 128 g/mol. The second-order valence-electron chi connectivity index (χ2n) is 0.933. The van der Waals surface area contributed by atoms with Crippen molar-refractivity contribution in [2.45, 2.75) is 13.8 Å². The quantitative estimate of drug-likeness (QED) is 0.455. The fraction of sp³-hybridized carbons (Fsp3) is 0.286. The van der Waals surface area contributed by atoms with Gasteiger partial charge in [-0.3, -0.25) is 0 Å². The first-order chi connectivity index (χ1) is 4.27. The van der Waals surface area contributed by atoms with Crippen LogP contribution in [0.3, 0.4) is 0 Å². The molecule has 0 aromatic carbocycles. The smallest absolute Gasteiger partial charge is 0.328 e. The lowest BCUT2D eigenvalue weighted by Crippen LogP contribution is -1.83. The number of carbonyl (C=O) groups is 1. The van der Waals surface area contributed by atoms with E-state index in [0.717, 1.165) is 6.08 Å². The van der Waals surface area contributed by atoms with Crippen LogP contribution < -0.4 is 0 Å². The molecular formula is C7H12O2. The average Bonchev–Trinajstić information content (AvgIpc) is 1.88. The van der Waals surface area contributed by atoms with Crippen LogP contribution in [0.2, 0.25) is 0 Å². The van der Waals surface area contributed by atoms with E-state index in [1.54, 1.807) is 0 Å². The van der Waals surface area contributed by atoms with Crippen LogP contribution in [0.25, 0.3) is 0 Å². The van der Waals surface area contributed by atoms with Crippen LogP contribution in [0.1, 0.15) is 13.8 Å². The van der Waals surface area contributed by atoms with Crippen molar-refractivity contribution in [1.29, 1.82) is 0 Å². The van der Waals surface area contributed by atoms with Gasteiger partial charge in [0, 0.05) is 6.08 Å². The molecule has 0 saturated carbocycles. The highest BCUT2D eigenvalue weighted by Crippen LogP contribution is 1.70. The van der Waals surface area contributed by atoms with Crippen LogP contribution in [0.4, 0.5) is 0 Å². The van der Waals surface area contributed by atoms with E-state index in [4.69, 9.17) is 5.11 Å². The highest BCUT2D eigenvalue weighted by atomic mass is 16.4.